The maximum Gasteiger partial charge on any atom is 0.131 e. The zero-order chi connectivity index (χ0) is 14.5. The molecular weight excluding hydrogens is 250 g/mol. The third-order valence-electron chi connectivity index (χ3n) is 2.92. The first kappa shape index (κ1) is 14.5. The summed E-state index contributed by atoms with van der Waals surface area (Å²) >= 11 is 0. The Kier molecular flexibility index (Phi) is 4.71. The Labute approximate surface area is 120 Å². The van der Waals surface area contributed by atoms with Crippen molar-refractivity contribution in [3.8, 4) is 11.3 Å². The lowest BCUT2D eigenvalue weighted by Crippen LogP contribution is -2.07. The number of aryl methyl sites for hydroxylation is 1. The zero-order valence-electron chi connectivity index (χ0n) is 12.7. The van der Waals surface area contributed by atoms with Crippen molar-refractivity contribution in [2.75, 3.05) is 11.9 Å². The molecule has 0 aliphatic carbocycles. The molecule has 0 aliphatic rings. The molecule has 0 aliphatic heterocycles. The number of nitrogens with zero attached hydrogens (tertiary/aromatic N) is 4. The Morgan fingerprint density at radius 1 is 1.30 bits per heavy atom. The van der Waals surface area contributed by atoms with Crippen LogP contribution in [0.4, 0.5) is 5.82 Å². The lowest BCUT2D eigenvalue weighted by molar-refractivity contribution is 0.621. The second-order valence-corrected chi connectivity index (χ2v) is 5.48. The third kappa shape index (κ3) is 3.79. The van der Waals surface area contributed by atoms with Crippen LogP contribution < -0.4 is 5.32 Å². The molecule has 2 rings (SSSR count). The number of rotatable bonds is 6. The van der Waals surface area contributed by atoms with Gasteiger partial charge in [-0.05, 0) is 12.3 Å². The van der Waals surface area contributed by atoms with Gasteiger partial charge in [-0.3, -0.25) is 4.68 Å². The fraction of sp³-hybridized carbons (Fsp3) is 0.533. The van der Waals surface area contributed by atoms with Gasteiger partial charge in [-0.2, -0.15) is 5.10 Å². The molecule has 0 bridgehead atoms. The largest absolute Gasteiger partial charge is 0.370 e. The SMILES string of the molecule is CCCNc1cc(-c2cnn(C)c2)nc(CC(C)C)n1. The Morgan fingerprint density at radius 3 is 2.70 bits per heavy atom. The van der Waals surface area contributed by atoms with Crippen LogP contribution in [0.2, 0.25) is 0 Å². The fourth-order valence-corrected chi connectivity index (χ4v) is 2.00. The molecule has 20 heavy (non-hydrogen) atoms. The Morgan fingerprint density at radius 2 is 2.10 bits per heavy atom. The van der Waals surface area contributed by atoms with Crippen molar-refractivity contribution in [3.63, 3.8) is 0 Å². The van der Waals surface area contributed by atoms with E-state index in [4.69, 9.17) is 0 Å². The predicted molar refractivity (Wildman–Crippen MR) is 81.6 cm³/mol. The molecule has 0 atom stereocenters. The van der Waals surface area contributed by atoms with Crippen LogP contribution in [0, 0.1) is 5.92 Å². The van der Waals surface area contributed by atoms with Gasteiger partial charge in [-0.25, -0.2) is 9.97 Å². The van der Waals surface area contributed by atoms with Crippen molar-refractivity contribution in [3.05, 3.63) is 24.3 Å². The molecular formula is C15H23N5. The van der Waals surface area contributed by atoms with E-state index in [0.717, 1.165) is 42.3 Å². The summed E-state index contributed by atoms with van der Waals surface area (Å²) in [6.45, 7) is 7.42. The van der Waals surface area contributed by atoms with E-state index in [-0.39, 0.29) is 0 Å². The van der Waals surface area contributed by atoms with Gasteiger partial charge in [0, 0.05) is 37.8 Å². The van der Waals surface area contributed by atoms with Gasteiger partial charge < -0.3 is 5.32 Å². The first-order valence-corrected chi connectivity index (χ1v) is 7.19. The summed E-state index contributed by atoms with van der Waals surface area (Å²) in [7, 11) is 1.91. The van der Waals surface area contributed by atoms with Crippen LogP contribution in [-0.4, -0.2) is 26.3 Å². The van der Waals surface area contributed by atoms with E-state index < -0.39 is 0 Å². The van der Waals surface area contributed by atoms with Crippen molar-refractivity contribution < 1.29 is 0 Å². The van der Waals surface area contributed by atoms with E-state index >= 15 is 0 Å². The maximum atomic E-state index is 4.66. The van der Waals surface area contributed by atoms with Gasteiger partial charge in [0.25, 0.3) is 0 Å². The molecule has 0 saturated heterocycles. The summed E-state index contributed by atoms with van der Waals surface area (Å²) < 4.78 is 1.79. The lowest BCUT2D eigenvalue weighted by atomic mass is 10.1. The molecule has 0 unspecified atom stereocenters. The van der Waals surface area contributed by atoms with Gasteiger partial charge in [-0.1, -0.05) is 20.8 Å². The minimum absolute atomic E-state index is 0.540. The number of hydrogen-bond donors (Lipinski definition) is 1. The predicted octanol–water partition coefficient (Wildman–Crippen LogP) is 2.90. The van der Waals surface area contributed by atoms with E-state index in [9.17, 15) is 0 Å². The molecule has 2 heterocycles. The van der Waals surface area contributed by atoms with Crippen LogP contribution in [0.3, 0.4) is 0 Å². The topological polar surface area (TPSA) is 55.6 Å². The smallest absolute Gasteiger partial charge is 0.131 e. The van der Waals surface area contributed by atoms with E-state index in [1.54, 1.807) is 4.68 Å². The van der Waals surface area contributed by atoms with Crippen LogP contribution in [0.25, 0.3) is 11.3 Å². The maximum absolute atomic E-state index is 4.66. The summed E-state index contributed by atoms with van der Waals surface area (Å²) in [5.41, 5.74) is 1.96. The first-order valence-electron chi connectivity index (χ1n) is 7.19. The van der Waals surface area contributed by atoms with Crippen LogP contribution in [0.5, 0.6) is 0 Å². The number of hydrogen-bond acceptors (Lipinski definition) is 4. The Bertz CT molecular complexity index is 559. The highest BCUT2D eigenvalue weighted by Crippen LogP contribution is 2.20. The third-order valence-corrected chi connectivity index (χ3v) is 2.92. The summed E-state index contributed by atoms with van der Waals surface area (Å²) in [4.78, 5) is 9.25. The van der Waals surface area contributed by atoms with Crippen LogP contribution >= 0.6 is 0 Å². The summed E-state index contributed by atoms with van der Waals surface area (Å²) in [5, 5.41) is 7.56. The van der Waals surface area contributed by atoms with Gasteiger partial charge in [-0.15, -0.1) is 0 Å². The monoisotopic (exact) mass is 273 g/mol. The Balaban J connectivity index is 2.34. The quantitative estimate of drug-likeness (QED) is 0.879. The summed E-state index contributed by atoms with van der Waals surface area (Å²) in [6.07, 6.45) is 5.77. The molecule has 0 radical (unpaired) electrons. The van der Waals surface area contributed by atoms with Gasteiger partial charge in [0.1, 0.15) is 11.6 Å². The van der Waals surface area contributed by atoms with Crippen molar-refractivity contribution in [2.24, 2.45) is 13.0 Å². The van der Waals surface area contributed by atoms with Crippen LogP contribution in [0.1, 0.15) is 33.0 Å². The number of aromatic nitrogens is 4. The van der Waals surface area contributed by atoms with E-state index in [2.05, 4.69) is 41.2 Å². The molecule has 0 spiro atoms. The molecule has 5 heteroatoms. The second-order valence-electron chi connectivity index (χ2n) is 5.48. The Hall–Kier alpha value is -1.91. The summed E-state index contributed by atoms with van der Waals surface area (Å²) in [6, 6.07) is 2.00. The lowest BCUT2D eigenvalue weighted by Gasteiger charge is -2.10. The average Bonchev–Trinajstić information content (AvgIpc) is 2.82. The molecule has 0 aromatic carbocycles. The number of nitrogens with one attached hydrogen (secondary N) is 1. The minimum atomic E-state index is 0.540. The molecule has 5 nitrogen and oxygen atoms in total. The van der Waals surface area contributed by atoms with Crippen molar-refractivity contribution in [1.82, 2.24) is 19.7 Å². The molecule has 108 valence electrons. The highest BCUT2D eigenvalue weighted by Gasteiger charge is 2.09. The molecule has 2 aromatic heterocycles. The summed E-state index contributed by atoms with van der Waals surface area (Å²) in [5.74, 6) is 2.33. The minimum Gasteiger partial charge on any atom is -0.370 e. The zero-order valence-corrected chi connectivity index (χ0v) is 12.7. The van der Waals surface area contributed by atoms with Crippen molar-refractivity contribution in [1.29, 1.82) is 0 Å². The number of anilines is 1. The fourth-order valence-electron chi connectivity index (χ4n) is 2.00. The van der Waals surface area contributed by atoms with Crippen LogP contribution in [-0.2, 0) is 13.5 Å². The first-order chi connectivity index (χ1) is 9.58. The second kappa shape index (κ2) is 6.50. The van der Waals surface area contributed by atoms with Gasteiger partial charge >= 0.3 is 0 Å². The van der Waals surface area contributed by atoms with E-state index in [1.165, 1.54) is 0 Å². The van der Waals surface area contributed by atoms with Gasteiger partial charge in [0.05, 0.1) is 11.9 Å². The van der Waals surface area contributed by atoms with Gasteiger partial charge in [0.2, 0.25) is 0 Å². The van der Waals surface area contributed by atoms with E-state index in [0.29, 0.717) is 5.92 Å². The van der Waals surface area contributed by atoms with Gasteiger partial charge in [0.15, 0.2) is 0 Å². The van der Waals surface area contributed by atoms with Crippen LogP contribution in [0.15, 0.2) is 18.5 Å². The average molecular weight is 273 g/mol. The molecule has 2 aromatic rings. The molecule has 0 saturated carbocycles. The highest BCUT2D eigenvalue weighted by atomic mass is 15.2. The van der Waals surface area contributed by atoms with E-state index in [1.807, 2.05) is 25.5 Å². The molecule has 0 amide bonds. The molecule has 1 N–H and O–H groups in total. The van der Waals surface area contributed by atoms with Crippen molar-refractivity contribution in [2.45, 2.75) is 33.6 Å². The normalized spacial score (nSPS) is 11.1. The van der Waals surface area contributed by atoms with Crippen molar-refractivity contribution >= 4 is 5.82 Å². The highest BCUT2D eigenvalue weighted by molar-refractivity contribution is 5.60. The molecule has 0 fully saturated rings. The standard InChI is InChI=1S/C15H23N5/c1-5-6-16-14-8-13(12-9-17-20(4)10-12)18-15(19-14)7-11(2)3/h8-11H,5-7H2,1-4H3,(H,16,18,19).